The molecule has 0 spiro atoms. The van der Waals surface area contributed by atoms with Crippen molar-refractivity contribution in [1.82, 2.24) is 15.1 Å². The number of fused-ring (bicyclic) bond motifs is 1. The number of carboxylic acids is 1. The van der Waals surface area contributed by atoms with Gasteiger partial charge in [-0.3, -0.25) is 4.79 Å². The Labute approximate surface area is 180 Å². The maximum Gasteiger partial charge on any atom is 0.434 e. The quantitative estimate of drug-likeness (QED) is 0.622. The topological polar surface area (TPSA) is 93.5 Å². The standard InChI is InChI=1S/C22H18F3N3O4/c1-12(17-11-32-18-5-3-2-4-15(17)18)27-20(29)13-6-8-14(9-7-13)28-19(22(23,24)25)16(10-26-28)21(30)31/h2-10,12,17H,11H2,1H3,(H,27,29)(H,30,31)/t12-,17+/m1/s1. The van der Waals surface area contributed by atoms with Crippen LogP contribution >= 0.6 is 0 Å². The number of aromatic carboxylic acids is 1. The van der Waals surface area contributed by atoms with E-state index in [0.29, 0.717) is 17.5 Å². The number of carbonyl (C=O) groups is 2. The largest absolute Gasteiger partial charge is 0.493 e. The Kier molecular flexibility index (Phi) is 5.37. The van der Waals surface area contributed by atoms with Gasteiger partial charge in [-0.15, -0.1) is 0 Å². The van der Waals surface area contributed by atoms with Gasteiger partial charge in [0.1, 0.15) is 11.3 Å². The van der Waals surface area contributed by atoms with Crippen molar-refractivity contribution in [3.8, 4) is 11.4 Å². The minimum Gasteiger partial charge on any atom is -0.493 e. The fourth-order valence-corrected chi connectivity index (χ4v) is 3.72. The molecule has 32 heavy (non-hydrogen) atoms. The molecule has 166 valence electrons. The van der Waals surface area contributed by atoms with E-state index in [0.717, 1.165) is 11.3 Å². The first-order valence-electron chi connectivity index (χ1n) is 9.68. The second kappa shape index (κ2) is 8.03. The molecule has 0 saturated heterocycles. The molecule has 3 aromatic rings. The van der Waals surface area contributed by atoms with Gasteiger partial charge in [0, 0.05) is 23.1 Å². The number of para-hydroxylation sites is 1. The number of nitrogens with one attached hydrogen (secondary N) is 1. The number of alkyl halides is 3. The zero-order valence-corrected chi connectivity index (χ0v) is 16.8. The van der Waals surface area contributed by atoms with Crippen LogP contribution < -0.4 is 10.1 Å². The van der Waals surface area contributed by atoms with Crippen LogP contribution in [0.25, 0.3) is 5.69 Å². The van der Waals surface area contributed by atoms with Crippen molar-refractivity contribution >= 4 is 11.9 Å². The van der Waals surface area contributed by atoms with E-state index in [1.165, 1.54) is 24.3 Å². The van der Waals surface area contributed by atoms with Crippen LogP contribution in [0.2, 0.25) is 0 Å². The molecule has 1 aliphatic heterocycles. The SMILES string of the molecule is C[C@@H](NC(=O)c1ccc(-n2ncc(C(=O)O)c2C(F)(F)F)cc1)[C@@H]1COc2ccccc21. The zero-order valence-electron chi connectivity index (χ0n) is 16.8. The highest BCUT2D eigenvalue weighted by atomic mass is 19.4. The Morgan fingerprint density at radius 3 is 2.53 bits per heavy atom. The lowest BCUT2D eigenvalue weighted by molar-refractivity contribution is -0.143. The Morgan fingerprint density at radius 2 is 1.88 bits per heavy atom. The van der Waals surface area contributed by atoms with Gasteiger partial charge in [0.05, 0.1) is 18.5 Å². The molecule has 0 bridgehead atoms. The first kappa shape index (κ1) is 21.4. The summed E-state index contributed by atoms with van der Waals surface area (Å²) in [5.41, 5.74) is -1.12. The van der Waals surface area contributed by atoms with Crippen molar-refractivity contribution in [3.63, 3.8) is 0 Å². The van der Waals surface area contributed by atoms with Gasteiger partial charge in [-0.1, -0.05) is 18.2 Å². The van der Waals surface area contributed by atoms with E-state index in [-0.39, 0.29) is 23.2 Å². The maximum absolute atomic E-state index is 13.4. The number of rotatable bonds is 5. The Hall–Kier alpha value is -3.82. The molecule has 0 saturated carbocycles. The number of carboxylic acid groups (broad SMARTS) is 1. The molecule has 10 heteroatoms. The molecule has 2 atom stereocenters. The van der Waals surface area contributed by atoms with Gasteiger partial charge in [0.2, 0.25) is 0 Å². The predicted octanol–water partition coefficient (Wildman–Crippen LogP) is 3.88. The summed E-state index contributed by atoms with van der Waals surface area (Å²) in [6.45, 7) is 2.29. The van der Waals surface area contributed by atoms with Gasteiger partial charge in [-0.2, -0.15) is 18.3 Å². The van der Waals surface area contributed by atoms with Gasteiger partial charge in [-0.25, -0.2) is 9.48 Å². The lowest BCUT2D eigenvalue weighted by atomic mass is 9.94. The summed E-state index contributed by atoms with van der Waals surface area (Å²) < 4.78 is 46.3. The number of benzene rings is 2. The van der Waals surface area contributed by atoms with E-state index in [4.69, 9.17) is 9.84 Å². The third-order valence-corrected chi connectivity index (χ3v) is 5.34. The third kappa shape index (κ3) is 3.91. The molecule has 1 amide bonds. The molecule has 2 heterocycles. The molecular weight excluding hydrogens is 427 g/mol. The molecule has 7 nitrogen and oxygen atoms in total. The average molecular weight is 445 g/mol. The normalized spacial score (nSPS) is 16.2. The van der Waals surface area contributed by atoms with Gasteiger partial charge in [-0.05, 0) is 37.3 Å². The van der Waals surface area contributed by atoms with Crippen molar-refractivity contribution < 1.29 is 32.6 Å². The van der Waals surface area contributed by atoms with Crippen molar-refractivity contribution in [2.45, 2.75) is 25.1 Å². The zero-order chi connectivity index (χ0) is 23.0. The summed E-state index contributed by atoms with van der Waals surface area (Å²) in [6.07, 6.45) is -4.27. The Morgan fingerprint density at radius 1 is 1.19 bits per heavy atom. The summed E-state index contributed by atoms with van der Waals surface area (Å²) in [7, 11) is 0. The van der Waals surface area contributed by atoms with E-state index in [1.54, 1.807) is 0 Å². The molecular formula is C22H18F3N3O4. The smallest absolute Gasteiger partial charge is 0.434 e. The highest BCUT2D eigenvalue weighted by Gasteiger charge is 2.40. The predicted molar refractivity (Wildman–Crippen MR) is 107 cm³/mol. The number of hydrogen-bond donors (Lipinski definition) is 2. The highest BCUT2D eigenvalue weighted by Crippen LogP contribution is 2.36. The minimum atomic E-state index is -4.92. The second-order valence-electron chi connectivity index (χ2n) is 7.39. The van der Waals surface area contributed by atoms with Crippen LogP contribution in [0.15, 0.2) is 54.7 Å². The summed E-state index contributed by atoms with van der Waals surface area (Å²) >= 11 is 0. The van der Waals surface area contributed by atoms with Crippen LogP contribution in [0.5, 0.6) is 5.75 Å². The Balaban J connectivity index is 1.52. The van der Waals surface area contributed by atoms with Crippen LogP contribution in [0.4, 0.5) is 13.2 Å². The second-order valence-corrected chi connectivity index (χ2v) is 7.39. The lowest BCUT2D eigenvalue weighted by Crippen LogP contribution is -2.37. The molecule has 1 aliphatic rings. The molecule has 0 aliphatic carbocycles. The van der Waals surface area contributed by atoms with Gasteiger partial charge in [0.15, 0.2) is 5.69 Å². The van der Waals surface area contributed by atoms with Crippen LogP contribution in [-0.2, 0) is 6.18 Å². The molecule has 1 aromatic heterocycles. The van der Waals surface area contributed by atoms with Gasteiger partial charge >= 0.3 is 12.1 Å². The van der Waals surface area contributed by atoms with Gasteiger partial charge in [0.25, 0.3) is 5.91 Å². The molecule has 0 unspecified atom stereocenters. The van der Waals surface area contributed by atoms with Crippen molar-refractivity contribution in [2.75, 3.05) is 6.61 Å². The first-order valence-corrected chi connectivity index (χ1v) is 9.68. The Bertz CT molecular complexity index is 1170. The van der Waals surface area contributed by atoms with Crippen molar-refractivity contribution in [3.05, 3.63) is 77.1 Å². The van der Waals surface area contributed by atoms with Crippen LogP contribution in [0.1, 0.15) is 44.8 Å². The number of halogens is 3. The lowest BCUT2D eigenvalue weighted by Gasteiger charge is -2.20. The molecule has 0 radical (unpaired) electrons. The number of ether oxygens (including phenoxy) is 1. The van der Waals surface area contributed by atoms with Crippen molar-refractivity contribution in [2.24, 2.45) is 0 Å². The number of hydrogen-bond acceptors (Lipinski definition) is 4. The van der Waals surface area contributed by atoms with Crippen molar-refractivity contribution in [1.29, 1.82) is 0 Å². The number of amides is 1. The molecule has 2 aromatic carbocycles. The van der Waals surface area contributed by atoms with Gasteiger partial charge < -0.3 is 15.2 Å². The fraction of sp³-hybridized carbons (Fsp3) is 0.227. The molecule has 2 N–H and O–H groups in total. The number of aromatic nitrogens is 2. The summed E-state index contributed by atoms with van der Waals surface area (Å²) in [5.74, 6) is -1.37. The summed E-state index contributed by atoms with van der Waals surface area (Å²) in [4.78, 5) is 23.8. The van der Waals surface area contributed by atoms with Crippen LogP contribution in [0, 0.1) is 0 Å². The van der Waals surface area contributed by atoms with E-state index >= 15 is 0 Å². The third-order valence-electron chi connectivity index (χ3n) is 5.34. The summed E-state index contributed by atoms with van der Waals surface area (Å²) in [6, 6.07) is 12.6. The van der Waals surface area contributed by atoms with E-state index in [9.17, 15) is 22.8 Å². The van der Waals surface area contributed by atoms with Crippen LogP contribution in [0.3, 0.4) is 0 Å². The number of nitrogens with zero attached hydrogens (tertiary/aromatic N) is 2. The maximum atomic E-state index is 13.4. The minimum absolute atomic E-state index is 0.0208. The first-order chi connectivity index (χ1) is 15.2. The average Bonchev–Trinajstić information content (AvgIpc) is 3.38. The van der Waals surface area contributed by atoms with E-state index in [1.807, 2.05) is 31.2 Å². The highest BCUT2D eigenvalue weighted by molar-refractivity contribution is 5.94. The fourth-order valence-electron chi connectivity index (χ4n) is 3.72. The van der Waals surface area contributed by atoms with E-state index in [2.05, 4.69) is 10.4 Å². The van der Waals surface area contributed by atoms with Crippen LogP contribution in [-0.4, -0.2) is 39.4 Å². The molecule has 0 fully saturated rings. The summed E-state index contributed by atoms with van der Waals surface area (Å²) in [5, 5.41) is 15.5. The molecule has 4 rings (SSSR count). The number of carbonyl (C=O) groups excluding carboxylic acids is 1. The van der Waals surface area contributed by atoms with E-state index < -0.39 is 29.3 Å². The monoisotopic (exact) mass is 445 g/mol.